The third-order valence-electron chi connectivity index (χ3n) is 3.72. The molecule has 0 aliphatic heterocycles. The van der Waals surface area contributed by atoms with Gasteiger partial charge in [0, 0.05) is 11.6 Å². The Kier molecular flexibility index (Phi) is 5.21. The van der Waals surface area contributed by atoms with Crippen molar-refractivity contribution >= 4 is 17.6 Å². The number of hydrogen-bond donors (Lipinski definition) is 1. The number of halogens is 2. The van der Waals surface area contributed by atoms with Crippen molar-refractivity contribution in [3.8, 4) is 0 Å². The van der Waals surface area contributed by atoms with Gasteiger partial charge in [-0.2, -0.15) is 0 Å². The first kappa shape index (κ1) is 18.6. The summed E-state index contributed by atoms with van der Waals surface area (Å²) >= 11 is 0. The molecule has 0 aliphatic carbocycles. The maximum Gasteiger partial charge on any atom is 0.340 e. The van der Waals surface area contributed by atoms with Crippen molar-refractivity contribution < 1.29 is 23.1 Å². The number of carbonyl (C=O) groups is 2. The number of methoxy groups -OCH3 is 1. The molecule has 0 bridgehead atoms. The zero-order valence-corrected chi connectivity index (χ0v) is 14.4. The second kappa shape index (κ2) is 7.01. The fraction of sp³-hybridized carbons (Fsp3) is 0.263. The van der Waals surface area contributed by atoms with Crippen LogP contribution in [0.25, 0.3) is 0 Å². The van der Waals surface area contributed by atoms with Crippen LogP contribution in [0.1, 0.15) is 47.1 Å². The van der Waals surface area contributed by atoms with Gasteiger partial charge in [-0.05, 0) is 29.2 Å². The molecular weight excluding hydrogens is 328 g/mol. The molecule has 0 saturated heterocycles. The van der Waals surface area contributed by atoms with Gasteiger partial charge in [-0.15, -0.1) is 0 Å². The molecule has 0 saturated carbocycles. The zero-order chi connectivity index (χ0) is 18.8. The van der Waals surface area contributed by atoms with Crippen LogP contribution in [0.2, 0.25) is 0 Å². The molecule has 0 heterocycles. The fourth-order valence-corrected chi connectivity index (χ4v) is 2.23. The molecule has 2 rings (SSSR count). The molecule has 0 unspecified atom stereocenters. The second-order valence-corrected chi connectivity index (χ2v) is 6.58. The molecule has 132 valence electrons. The maximum atomic E-state index is 13.9. The van der Waals surface area contributed by atoms with Gasteiger partial charge < -0.3 is 10.1 Å². The summed E-state index contributed by atoms with van der Waals surface area (Å²) < 4.78 is 32.0. The predicted octanol–water partition coefficient (Wildman–Crippen LogP) is 4.30. The number of ether oxygens (including phenoxy) is 1. The van der Waals surface area contributed by atoms with Crippen LogP contribution in [0.4, 0.5) is 14.5 Å². The van der Waals surface area contributed by atoms with Gasteiger partial charge in [-0.1, -0.05) is 32.9 Å². The standard InChI is InChI=1S/C19H19F2NO3/c1-19(2,3)12-7-5-11(6-8-12)17(23)22-16-9-13(18(24)25-4)14(20)10-15(16)21/h5-10H,1-4H3,(H,22,23). The number of anilines is 1. The molecule has 0 fully saturated rings. The van der Waals surface area contributed by atoms with Gasteiger partial charge in [-0.25, -0.2) is 13.6 Å². The van der Waals surface area contributed by atoms with Gasteiger partial charge in [0.05, 0.1) is 18.4 Å². The Balaban J connectivity index is 2.27. The third-order valence-corrected chi connectivity index (χ3v) is 3.72. The summed E-state index contributed by atoms with van der Waals surface area (Å²) in [6, 6.07) is 8.32. The van der Waals surface area contributed by atoms with Crippen LogP contribution >= 0.6 is 0 Å². The number of rotatable bonds is 3. The normalized spacial score (nSPS) is 11.1. The lowest BCUT2D eigenvalue weighted by atomic mass is 9.87. The highest BCUT2D eigenvalue weighted by molar-refractivity contribution is 6.05. The second-order valence-electron chi connectivity index (χ2n) is 6.58. The molecule has 25 heavy (non-hydrogen) atoms. The average molecular weight is 347 g/mol. The largest absolute Gasteiger partial charge is 0.465 e. The van der Waals surface area contributed by atoms with E-state index in [0.29, 0.717) is 11.6 Å². The van der Waals surface area contributed by atoms with Gasteiger partial charge in [0.15, 0.2) is 0 Å². The summed E-state index contributed by atoms with van der Waals surface area (Å²) in [5.74, 6) is -3.56. The number of hydrogen-bond acceptors (Lipinski definition) is 3. The topological polar surface area (TPSA) is 55.4 Å². The summed E-state index contributed by atoms with van der Waals surface area (Å²) in [7, 11) is 1.08. The molecule has 0 spiro atoms. The van der Waals surface area contributed by atoms with Gasteiger partial charge in [-0.3, -0.25) is 4.79 Å². The quantitative estimate of drug-likeness (QED) is 0.842. The van der Waals surface area contributed by atoms with E-state index in [2.05, 4.69) is 10.1 Å². The van der Waals surface area contributed by atoms with Crippen LogP contribution in [0.3, 0.4) is 0 Å². The number of amides is 1. The minimum atomic E-state index is -1.06. The van der Waals surface area contributed by atoms with Crippen LogP contribution in [-0.2, 0) is 10.2 Å². The Morgan fingerprint density at radius 1 is 1.00 bits per heavy atom. The smallest absolute Gasteiger partial charge is 0.340 e. The summed E-state index contributed by atoms with van der Waals surface area (Å²) in [6.45, 7) is 6.14. The number of nitrogens with one attached hydrogen (secondary N) is 1. The number of benzene rings is 2. The van der Waals surface area contributed by atoms with E-state index in [9.17, 15) is 18.4 Å². The first-order valence-corrected chi connectivity index (χ1v) is 7.62. The highest BCUT2D eigenvalue weighted by Gasteiger charge is 2.19. The van der Waals surface area contributed by atoms with Crippen molar-refractivity contribution in [1.29, 1.82) is 0 Å². The van der Waals surface area contributed by atoms with E-state index in [4.69, 9.17) is 0 Å². The zero-order valence-electron chi connectivity index (χ0n) is 14.4. The maximum absolute atomic E-state index is 13.9. The highest BCUT2D eigenvalue weighted by atomic mass is 19.1. The van der Waals surface area contributed by atoms with E-state index in [0.717, 1.165) is 18.7 Å². The van der Waals surface area contributed by atoms with E-state index in [1.165, 1.54) is 0 Å². The SMILES string of the molecule is COC(=O)c1cc(NC(=O)c2ccc(C(C)(C)C)cc2)c(F)cc1F. The average Bonchev–Trinajstić information content (AvgIpc) is 2.55. The lowest BCUT2D eigenvalue weighted by Crippen LogP contribution is -2.16. The van der Waals surface area contributed by atoms with Crippen molar-refractivity contribution in [1.82, 2.24) is 0 Å². The molecular formula is C19H19F2NO3. The van der Waals surface area contributed by atoms with Crippen LogP contribution in [-0.4, -0.2) is 19.0 Å². The number of esters is 1. The van der Waals surface area contributed by atoms with Gasteiger partial charge in [0.2, 0.25) is 0 Å². The molecule has 6 heteroatoms. The molecule has 0 aliphatic rings. The number of carbonyl (C=O) groups excluding carboxylic acids is 2. The van der Waals surface area contributed by atoms with E-state index in [1.807, 2.05) is 32.9 Å². The van der Waals surface area contributed by atoms with E-state index >= 15 is 0 Å². The molecule has 2 aromatic carbocycles. The first-order chi connectivity index (χ1) is 11.6. The van der Waals surface area contributed by atoms with E-state index in [1.54, 1.807) is 12.1 Å². The fourth-order valence-electron chi connectivity index (χ4n) is 2.23. The van der Waals surface area contributed by atoms with Crippen molar-refractivity contribution in [2.75, 3.05) is 12.4 Å². The van der Waals surface area contributed by atoms with E-state index in [-0.39, 0.29) is 11.1 Å². The lowest BCUT2D eigenvalue weighted by molar-refractivity contribution is 0.0595. The van der Waals surface area contributed by atoms with E-state index < -0.39 is 29.1 Å². The van der Waals surface area contributed by atoms with Crippen molar-refractivity contribution in [2.45, 2.75) is 26.2 Å². The van der Waals surface area contributed by atoms with Crippen LogP contribution in [0.15, 0.2) is 36.4 Å². The summed E-state index contributed by atoms with van der Waals surface area (Å²) in [4.78, 5) is 23.8. The van der Waals surface area contributed by atoms with Crippen molar-refractivity contribution in [3.05, 3.63) is 64.7 Å². The van der Waals surface area contributed by atoms with Crippen molar-refractivity contribution in [3.63, 3.8) is 0 Å². The molecule has 0 atom stereocenters. The Morgan fingerprint density at radius 2 is 1.60 bits per heavy atom. The first-order valence-electron chi connectivity index (χ1n) is 7.62. The van der Waals surface area contributed by atoms with Gasteiger partial charge in [0.1, 0.15) is 11.6 Å². The molecule has 1 amide bonds. The Morgan fingerprint density at radius 3 is 2.12 bits per heavy atom. The molecule has 4 nitrogen and oxygen atoms in total. The predicted molar refractivity (Wildman–Crippen MR) is 90.8 cm³/mol. The monoisotopic (exact) mass is 347 g/mol. The molecule has 1 N–H and O–H groups in total. The van der Waals surface area contributed by atoms with Crippen molar-refractivity contribution in [2.24, 2.45) is 0 Å². The summed E-state index contributed by atoms with van der Waals surface area (Å²) in [5, 5.41) is 2.34. The van der Waals surface area contributed by atoms with Crippen LogP contribution in [0, 0.1) is 11.6 Å². The molecule has 0 radical (unpaired) electrons. The van der Waals surface area contributed by atoms with Gasteiger partial charge >= 0.3 is 5.97 Å². The van der Waals surface area contributed by atoms with Crippen LogP contribution in [0.5, 0.6) is 0 Å². The summed E-state index contributed by atoms with van der Waals surface area (Å²) in [5.41, 5.74) is 0.545. The summed E-state index contributed by atoms with van der Waals surface area (Å²) in [6.07, 6.45) is 0. The lowest BCUT2D eigenvalue weighted by Gasteiger charge is -2.19. The third kappa shape index (κ3) is 4.21. The van der Waals surface area contributed by atoms with Crippen LogP contribution < -0.4 is 5.32 Å². The molecule has 0 aromatic heterocycles. The Hall–Kier alpha value is -2.76. The molecule has 2 aromatic rings. The Bertz CT molecular complexity index is 809. The van der Waals surface area contributed by atoms with Gasteiger partial charge in [0.25, 0.3) is 5.91 Å². The minimum absolute atomic E-state index is 0.0620. The Labute approximate surface area is 144 Å². The highest BCUT2D eigenvalue weighted by Crippen LogP contribution is 2.24. The minimum Gasteiger partial charge on any atom is -0.465 e.